The number of aryl methyl sites for hydroxylation is 1. The number of hydrogen-bond acceptors (Lipinski definition) is 4. The van der Waals surface area contributed by atoms with Crippen molar-refractivity contribution in [3.63, 3.8) is 0 Å². The zero-order valence-electron chi connectivity index (χ0n) is 89.0. The Hall–Kier alpha value is -8.70. The number of esters is 2. The van der Waals surface area contributed by atoms with E-state index in [2.05, 4.69) is 185 Å². The van der Waals surface area contributed by atoms with Crippen LogP contribution in [0.4, 0.5) is 8.78 Å². The molecule has 0 aliphatic heterocycles. The molecule has 20 rings (SSSR count). The van der Waals surface area contributed by atoms with E-state index in [1.807, 2.05) is 91.9 Å². The lowest BCUT2D eigenvalue weighted by molar-refractivity contribution is -0.141. The van der Waals surface area contributed by atoms with Gasteiger partial charge in [0.2, 0.25) is 0 Å². The van der Waals surface area contributed by atoms with Gasteiger partial charge < -0.3 is 9.47 Å². The molecule has 9 aliphatic rings. The van der Waals surface area contributed by atoms with Crippen molar-refractivity contribution in [1.29, 1.82) is 0 Å². The van der Waals surface area contributed by atoms with Crippen LogP contribution in [0.15, 0.2) is 255 Å². The van der Waals surface area contributed by atoms with Crippen molar-refractivity contribution in [1.82, 2.24) is 0 Å². The lowest BCUT2D eigenvalue weighted by Gasteiger charge is -2.37. The fourth-order valence-corrected chi connectivity index (χ4v) is 29.6. The van der Waals surface area contributed by atoms with Crippen molar-refractivity contribution in [2.24, 2.45) is 76.9 Å². The van der Waals surface area contributed by atoms with Crippen LogP contribution in [0.1, 0.15) is 333 Å². The van der Waals surface area contributed by atoms with Crippen molar-refractivity contribution in [3.8, 4) is 78.3 Å². The molecule has 11 aromatic rings. The van der Waals surface area contributed by atoms with Gasteiger partial charge in [-0.2, -0.15) is 0 Å². The summed E-state index contributed by atoms with van der Waals surface area (Å²) in [5.41, 5.74) is 23.8. The number of carbonyl (C=O) groups excluding carboxylic acids is 2. The zero-order valence-corrected chi connectivity index (χ0v) is 99.0. The summed E-state index contributed by atoms with van der Waals surface area (Å²) in [4.78, 5) is 25.5. The van der Waals surface area contributed by atoms with Gasteiger partial charge in [0, 0.05) is 62.3 Å². The van der Waals surface area contributed by atoms with Crippen LogP contribution in [0.3, 0.4) is 0 Å². The van der Waals surface area contributed by atoms with Crippen LogP contribution in [0.5, 0.6) is 11.5 Å². The number of carbonyl (C=O) groups is 2. The number of ether oxygens (including phenoxy) is 2. The van der Waals surface area contributed by atoms with Gasteiger partial charge >= 0.3 is 11.9 Å². The van der Waals surface area contributed by atoms with E-state index in [1.54, 1.807) is 12.1 Å². The molecule has 11 aromatic carbocycles. The maximum Gasteiger partial charge on any atom is 0.314 e. The summed E-state index contributed by atoms with van der Waals surface area (Å²) in [7, 11) is 6.43. The SMILES string of the molecule is CC1CCC(C2CCC(C(=O)Oc3ccc(C4CCC(C[SiH3])CC4)cc3)CC2)CC1.CC1CCC(c2ccc(-c3ccc(-c4ccc(C[SiH3])cc4)c(F)c3)cc2)CC1.CC1CCC(c2ccc(-c3ccc(-c4ccc(C[SiH3])cc4)cc3)cc2)CC1.CC1CCC(c2ccc(OC(=O)C3CCC(C4CCC(C[SiH3])CC4)CC3)cc2)CC1.Cc1ccc(-c2ccc(-c3ccc(C4CCC(C[SiH3])CC4)cc3)cc2F)cc1. The van der Waals surface area contributed by atoms with Crippen LogP contribution in [0, 0.1) is 95.5 Å². The lowest BCUT2D eigenvalue weighted by Crippen LogP contribution is -2.30. The van der Waals surface area contributed by atoms with E-state index in [9.17, 15) is 18.4 Å². The summed E-state index contributed by atoms with van der Waals surface area (Å²) < 4.78 is 41.2. The van der Waals surface area contributed by atoms with Crippen molar-refractivity contribution >= 4 is 63.2 Å². The predicted molar refractivity (Wildman–Crippen MR) is 620 cm³/mol. The Kier molecular flexibility index (Phi) is 40.3. The second kappa shape index (κ2) is 53.8. The second-order valence-corrected chi connectivity index (χ2v) is 50.2. The molecule has 11 heteroatoms. The average Bonchev–Trinajstić information content (AvgIpc) is 0.811. The number of hydrogen-bond donors (Lipinski definition) is 0. The first-order chi connectivity index (χ1) is 69.7. The fourth-order valence-electron chi connectivity index (χ4n) is 26.2. The zero-order chi connectivity index (χ0) is 99.5. The van der Waals surface area contributed by atoms with E-state index in [-0.39, 0.29) is 35.4 Å². The van der Waals surface area contributed by atoms with Gasteiger partial charge in [0.05, 0.1) is 11.8 Å². The van der Waals surface area contributed by atoms with Crippen molar-refractivity contribution in [2.75, 3.05) is 0 Å². The topological polar surface area (TPSA) is 52.6 Å². The maximum absolute atomic E-state index is 14.8. The van der Waals surface area contributed by atoms with E-state index < -0.39 is 0 Å². The van der Waals surface area contributed by atoms with E-state index >= 15 is 0 Å². The number of benzene rings is 11. The Bertz CT molecular complexity index is 5650. The Labute approximate surface area is 876 Å². The van der Waals surface area contributed by atoms with Gasteiger partial charge in [-0.15, -0.1) is 0 Å². The first-order valence-corrected chi connectivity index (χ1v) is 64.7. The molecule has 0 saturated heterocycles. The Morgan fingerprint density at radius 3 is 0.727 bits per heavy atom. The van der Waals surface area contributed by atoms with Crippen LogP contribution < -0.4 is 9.47 Å². The molecule has 0 spiro atoms. The van der Waals surface area contributed by atoms with Crippen molar-refractivity contribution < 1.29 is 27.8 Å². The summed E-state index contributed by atoms with van der Waals surface area (Å²) in [5.74, 6) is 15.1. The van der Waals surface area contributed by atoms with Crippen molar-refractivity contribution in [3.05, 3.63) is 311 Å². The summed E-state index contributed by atoms with van der Waals surface area (Å²) in [6.45, 7) is 11.6. The molecule has 0 radical (unpaired) electrons. The van der Waals surface area contributed by atoms with Crippen LogP contribution in [-0.2, 0) is 21.7 Å². The third kappa shape index (κ3) is 30.3. The van der Waals surface area contributed by atoms with Gasteiger partial charge in [0.15, 0.2) is 0 Å². The predicted octanol–water partition coefficient (Wildman–Crippen LogP) is 31.6. The number of rotatable bonds is 22. The molecule has 0 atom stereocenters. The lowest BCUT2D eigenvalue weighted by atomic mass is 9.69. The Morgan fingerprint density at radius 1 is 0.245 bits per heavy atom. The molecule has 9 aliphatic carbocycles. The average molecular weight is 2000 g/mol. The first-order valence-electron chi connectivity index (χ1n) is 57.6. The molecule has 758 valence electrons. The normalized spacial score (nSPS) is 26.2. The van der Waals surface area contributed by atoms with E-state index in [0.29, 0.717) is 34.8 Å². The molecule has 0 amide bonds. The highest BCUT2D eigenvalue weighted by atomic mass is 28.2. The van der Waals surface area contributed by atoms with Crippen LogP contribution in [0.25, 0.3) is 66.8 Å². The van der Waals surface area contributed by atoms with E-state index in [0.717, 1.165) is 158 Å². The summed E-state index contributed by atoms with van der Waals surface area (Å²) in [5, 5.41) is 0. The monoisotopic (exact) mass is 2000 g/mol. The van der Waals surface area contributed by atoms with Crippen molar-refractivity contribution in [2.45, 2.75) is 326 Å². The summed E-state index contributed by atoms with van der Waals surface area (Å²) in [6, 6.07) is 96.2. The molecule has 0 bridgehead atoms. The van der Waals surface area contributed by atoms with Crippen LogP contribution >= 0.6 is 0 Å². The molecule has 4 nitrogen and oxygen atoms in total. The third-order valence-corrected chi connectivity index (χ3v) is 41.9. The molecule has 9 saturated carbocycles. The van der Waals surface area contributed by atoms with Gasteiger partial charge in [-0.1, -0.05) is 371 Å². The minimum atomic E-state index is -0.160. The standard InChI is InChI=1S/2C27H42O2Si.2C26H29FSi.C26H30Si/c1-19-2-6-21(7-3-19)24-14-16-26(17-15-24)29-27(28)25-12-10-23(11-13-25)22-8-4-20(18-30)5-9-22;1-19-2-6-21(7-3-19)23-10-12-25(13-11-23)27(28)29-26-16-14-24(15-17-26)22-8-4-20(18-30)5-9-22;1-18-2-6-23(7-3-18)25-15-14-24(16-26(25)27)22-12-10-21(11-13-22)20-8-4-19(17-28)5-9-20;1-18-2-6-20(7-3-18)21-10-12-22(13-11-21)24-14-15-25(26(27)16-24)23-8-4-19(17-28)5-9-23;1-19-2-6-21(7-3-19)23-10-14-25(15-11-23)26-16-12-24(13-17-26)22-8-4-20(18-27)5-9-22/h2*14-17,19-23,25H,2-13,18H2,1,30H3;2-3,6-7,10-16,19-20H,4-5,8-9,17H2,1,28H3;4-5,8-16,18,20H,2-3,6-7,17H2,1,28H3;4-5,8-17,19,21H,2-3,6-7,18H2,1,27H3. The largest absolute Gasteiger partial charge is 0.426 e. The smallest absolute Gasteiger partial charge is 0.314 e. The fraction of sp³-hybridized carbons (Fsp3) is 0.485. The third-order valence-electron chi connectivity index (χ3n) is 36.8. The van der Waals surface area contributed by atoms with Gasteiger partial charge in [0.1, 0.15) is 23.1 Å². The number of halogens is 2. The van der Waals surface area contributed by atoms with E-state index in [1.165, 1.54) is 337 Å². The molecule has 0 heterocycles. The van der Waals surface area contributed by atoms with Gasteiger partial charge in [-0.3, -0.25) is 9.59 Å². The first kappa shape index (κ1) is 107. The highest BCUT2D eigenvalue weighted by Crippen LogP contribution is 2.48. The van der Waals surface area contributed by atoms with E-state index in [4.69, 9.17) is 9.47 Å². The highest BCUT2D eigenvalue weighted by molar-refractivity contribution is 6.09. The van der Waals surface area contributed by atoms with Gasteiger partial charge in [0.25, 0.3) is 0 Å². The van der Waals surface area contributed by atoms with Crippen LogP contribution in [0.2, 0.25) is 18.1 Å². The minimum absolute atomic E-state index is 0.00564. The summed E-state index contributed by atoms with van der Waals surface area (Å²) in [6.07, 6.45) is 47.4. The highest BCUT2D eigenvalue weighted by Gasteiger charge is 2.37. The molecule has 0 N–H and O–H groups in total. The van der Waals surface area contributed by atoms with Crippen LogP contribution in [-0.4, -0.2) is 63.2 Å². The van der Waals surface area contributed by atoms with Gasteiger partial charge in [-0.25, -0.2) is 8.78 Å². The molecule has 143 heavy (non-hydrogen) atoms. The van der Waals surface area contributed by atoms with Gasteiger partial charge in [-0.05, 0) is 375 Å². The molecule has 0 aromatic heterocycles. The Balaban J connectivity index is 0.000000128. The second-order valence-electron chi connectivity index (χ2n) is 46.3. The minimum Gasteiger partial charge on any atom is -0.426 e. The quantitative estimate of drug-likeness (QED) is 0.0385. The maximum atomic E-state index is 14.8. The Morgan fingerprint density at radius 2 is 0.455 bits per heavy atom. The molecular weight excluding hydrogens is 1830 g/mol. The molecule has 0 unspecified atom stereocenters. The summed E-state index contributed by atoms with van der Waals surface area (Å²) >= 11 is 0. The molecular formula is C132H172F2O4Si5. The molecule has 9 fully saturated rings.